The zero-order valence-corrected chi connectivity index (χ0v) is 9.46. The largest absolute Gasteiger partial charge is 0.324 e. The van der Waals surface area contributed by atoms with E-state index in [-0.39, 0.29) is 6.04 Å². The summed E-state index contributed by atoms with van der Waals surface area (Å²) in [5.41, 5.74) is 7.16. The summed E-state index contributed by atoms with van der Waals surface area (Å²) in [6.07, 6.45) is 5.55. The van der Waals surface area contributed by atoms with Crippen molar-refractivity contribution in [2.75, 3.05) is 0 Å². The van der Waals surface area contributed by atoms with Crippen LogP contribution >= 0.6 is 11.6 Å². The van der Waals surface area contributed by atoms with Gasteiger partial charge in [0.2, 0.25) is 0 Å². The minimum absolute atomic E-state index is 0.0282. The van der Waals surface area contributed by atoms with Gasteiger partial charge < -0.3 is 5.73 Å². The van der Waals surface area contributed by atoms with Crippen LogP contribution in [0, 0.1) is 5.92 Å². The van der Waals surface area contributed by atoms with Crippen LogP contribution in [-0.2, 0) is 0 Å². The van der Waals surface area contributed by atoms with E-state index in [0.29, 0.717) is 10.9 Å². The predicted octanol–water partition coefficient (Wildman–Crippen LogP) is 3.17. The molecule has 2 N–H and O–H groups in total. The molecule has 78 valence electrons. The summed E-state index contributed by atoms with van der Waals surface area (Å²) in [4.78, 5) is 3.95. The van der Waals surface area contributed by atoms with Crippen molar-refractivity contribution in [3.8, 4) is 0 Å². The van der Waals surface area contributed by atoms with Crippen LogP contribution in [0.5, 0.6) is 0 Å². The van der Waals surface area contributed by atoms with E-state index in [1.165, 1.54) is 0 Å². The number of pyridine rings is 1. The van der Waals surface area contributed by atoms with Crippen molar-refractivity contribution in [2.45, 2.75) is 32.7 Å². The molecule has 0 aliphatic carbocycles. The molecule has 0 radical (unpaired) electrons. The Bertz CT molecular complexity index is 284. The minimum atomic E-state index is 0.0282. The molecule has 1 rings (SSSR count). The smallest absolute Gasteiger partial charge is 0.0637 e. The highest BCUT2D eigenvalue weighted by atomic mass is 35.5. The van der Waals surface area contributed by atoms with Crippen LogP contribution in [0.4, 0.5) is 0 Å². The van der Waals surface area contributed by atoms with Gasteiger partial charge in [-0.2, -0.15) is 0 Å². The van der Waals surface area contributed by atoms with Crippen LogP contribution in [0.15, 0.2) is 18.5 Å². The maximum absolute atomic E-state index is 6.15. The number of aromatic nitrogens is 1. The van der Waals surface area contributed by atoms with Crippen molar-refractivity contribution in [2.24, 2.45) is 11.7 Å². The van der Waals surface area contributed by atoms with Crippen molar-refractivity contribution in [1.82, 2.24) is 4.98 Å². The van der Waals surface area contributed by atoms with E-state index in [4.69, 9.17) is 17.3 Å². The van der Waals surface area contributed by atoms with Gasteiger partial charge in [0.25, 0.3) is 0 Å². The number of nitrogens with two attached hydrogens (primary N) is 1. The average molecular weight is 213 g/mol. The summed E-state index contributed by atoms with van der Waals surface area (Å²) in [5, 5.41) is 0.673. The molecule has 14 heavy (non-hydrogen) atoms. The summed E-state index contributed by atoms with van der Waals surface area (Å²) in [6, 6.07) is 1.94. The van der Waals surface area contributed by atoms with Crippen molar-refractivity contribution in [3.05, 3.63) is 29.0 Å². The van der Waals surface area contributed by atoms with Gasteiger partial charge in [-0.15, -0.1) is 0 Å². The van der Waals surface area contributed by atoms with Crippen molar-refractivity contribution in [3.63, 3.8) is 0 Å². The zero-order valence-electron chi connectivity index (χ0n) is 8.70. The van der Waals surface area contributed by atoms with Crippen LogP contribution in [0.2, 0.25) is 5.02 Å². The molecule has 1 atom stereocenters. The summed E-state index contributed by atoms with van der Waals surface area (Å²) >= 11 is 6.03. The molecule has 0 fully saturated rings. The highest BCUT2D eigenvalue weighted by Crippen LogP contribution is 2.29. The zero-order chi connectivity index (χ0) is 10.6. The predicted molar refractivity (Wildman–Crippen MR) is 60.2 cm³/mol. The van der Waals surface area contributed by atoms with Crippen LogP contribution in [-0.4, -0.2) is 4.98 Å². The first-order valence-electron chi connectivity index (χ1n) is 5.05. The molecule has 0 aromatic carbocycles. The number of hydrogen-bond donors (Lipinski definition) is 1. The van der Waals surface area contributed by atoms with Gasteiger partial charge in [0.15, 0.2) is 0 Å². The molecule has 0 spiro atoms. The Labute approximate surface area is 90.5 Å². The molecule has 0 saturated heterocycles. The fourth-order valence-electron chi connectivity index (χ4n) is 1.71. The first-order chi connectivity index (χ1) is 6.70. The second kappa shape index (κ2) is 5.32. The van der Waals surface area contributed by atoms with E-state index in [1.54, 1.807) is 12.4 Å². The summed E-state index contributed by atoms with van der Waals surface area (Å²) in [7, 11) is 0. The van der Waals surface area contributed by atoms with Crippen molar-refractivity contribution >= 4 is 11.6 Å². The lowest BCUT2D eigenvalue weighted by Crippen LogP contribution is -2.20. The molecule has 0 aliphatic rings. The van der Waals surface area contributed by atoms with Crippen LogP contribution < -0.4 is 5.73 Å². The molecular weight excluding hydrogens is 196 g/mol. The lowest BCUT2D eigenvalue weighted by molar-refractivity contribution is 0.405. The Morgan fingerprint density at radius 1 is 1.43 bits per heavy atom. The van der Waals surface area contributed by atoms with Crippen LogP contribution in [0.3, 0.4) is 0 Å². The molecule has 1 unspecified atom stereocenters. The van der Waals surface area contributed by atoms with Gasteiger partial charge in [-0.1, -0.05) is 38.3 Å². The van der Waals surface area contributed by atoms with E-state index in [0.717, 1.165) is 18.4 Å². The normalized spacial score (nSPS) is 13.2. The topological polar surface area (TPSA) is 38.9 Å². The second-order valence-electron chi connectivity index (χ2n) is 3.50. The third kappa shape index (κ3) is 2.46. The molecule has 2 nitrogen and oxygen atoms in total. The quantitative estimate of drug-likeness (QED) is 0.833. The maximum atomic E-state index is 6.15. The Kier molecular flexibility index (Phi) is 4.36. The van der Waals surface area contributed by atoms with Gasteiger partial charge in [0, 0.05) is 18.4 Å². The molecule has 0 aliphatic heterocycles. The summed E-state index contributed by atoms with van der Waals surface area (Å²) in [6.45, 7) is 4.31. The molecule has 3 heteroatoms. The molecule has 0 bridgehead atoms. The van der Waals surface area contributed by atoms with E-state index >= 15 is 0 Å². The van der Waals surface area contributed by atoms with Gasteiger partial charge in [-0.05, 0) is 17.5 Å². The highest BCUT2D eigenvalue weighted by Gasteiger charge is 2.17. The van der Waals surface area contributed by atoms with Gasteiger partial charge >= 0.3 is 0 Å². The molecule has 1 aromatic heterocycles. The molecule has 1 aromatic rings. The van der Waals surface area contributed by atoms with E-state index in [2.05, 4.69) is 18.8 Å². The monoisotopic (exact) mass is 212 g/mol. The van der Waals surface area contributed by atoms with Crippen LogP contribution in [0.25, 0.3) is 0 Å². The van der Waals surface area contributed by atoms with Gasteiger partial charge in [0.05, 0.1) is 5.02 Å². The Balaban J connectivity index is 2.88. The Hall–Kier alpha value is -0.600. The first-order valence-corrected chi connectivity index (χ1v) is 5.43. The van der Waals surface area contributed by atoms with E-state index < -0.39 is 0 Å². The van der Waals surface area contributed by atoms with Crippen molar-refractivity contribution in [1.29, 1.82) is 0 Å². The van der Waals surface area contributed by atoms with Gasteiger partial charge in [0.1, 0.15) is 0 Å². The lowest BCUT2D eigenvalue weighted by atomic mass is 9.90. The standard InChI is InChI=1S/C11H17ClN2/c1-3-8(4-2)11(13)9-5-6-14-7-10(9)12/h5-8,11H,3-4,13H2,1-2H3. The van der Waals surface area contributed by atoms with E-state index in [9.17, 15) is 0 Å². The molecule has 1 heterocycles. The first kappa shape index (κ1) is 11.5. The third-order valence-corrected chi connectivity index (χ3v) is 3.04. The minimum Gasteiger partial charge on any atom is -0.324 e. The molecule has 0 saturated carbocycles. The summed E-state index contributed by atoms with van der Waals surface area (Å²) < 4.78 is 0. The average Bonchev–Trinajstić information content (AvgIpc) is 2.20. The second-order valence-corrected chi connectivity index (χ2v) is 3.91. The molecule has 0 amide bonds. The number of rotatable bonds is 4. The lowest BCUT2D eigenvalue weighted by Gasteiger charge is -2.22. The number of halogens is 1. The van der Waals surface area contributed by atoms with E-state index in [1.807, 2.05) is 6.07 Å². The third-order valence-electron chi connectivity index (χ3n) is 2.72. The summed E-state index contributed by atoms with van der Waals surface area (Å²) in [5.74, 6) is 0.495. The number of hydrogen-bond acceptors (Lipinski definition) is 2. The fourth-order valence-corrected chi connectivity index (χ4v) is 1.95. The van der Waals surface area contributed by atoms with Crippen LogP contribution in [0.1, 0.15) is 38.3 Å². The van der Waals surface area contributed by atoms with Crippen molar-refractivity contribution < 1.29 is 0 Å². The van der Waals surface area contributed by atoms with Gasteiger partial charge in [-0.25, -0.2) is 0 Å². The van der Waals surface area contributed by atoms with Gasteiger partial charge in [-0.3, -0.25) is 4.98 Å². The Morgan fingerprint density at radius 2 is 2.07 bits per heavy atom. The molecular formula is C11H17ClN2. The highest BCUT2D eigenvalue weighted by molar-refractivity contribution is 6.31. The SMILES string of the molecule is CCC(CC)C(N)c1ccncc1Cl. The number of nitrogens with zero attached hydrogens (tertiary/aromatic N) is 1. The fraction of sp³-hybridized carbons (Fsp3) is 0.545. The Morgan fingerprint density at radius 3 is 2.57 bits per heavy atom. The maximum Gasteiger partial charge on any atom is 0.0637 e.